The summed E-state index contributed by atoms with van der Waals surface area (Å²) in [6.07, 6.45) is 2.05. The highest BCUT2D eigenvalue weighted by atomic mass is 79.9. The van der Waals surface area contributed by atoms with E-state index in [9.17, 15) is 0 Å². The lowest BCUT2D eigenvalue weighted by Gasteiger charge is -2.14. The predicted molar refractivity (Wildman–Crippen MR) is 117 cm³/mol. The largest absolute Gasteiger partial charge is 0.0619 e. The monoisotopic (exact) mass is 466 g/mol. The Morgan fingerprint density at radius 1 is 0.731 bits per heavy atom. The molecule has 3 aromatic carbocycles. The standard InChI is InChI=1S/C24H20Br2/c1-16-23(14-17-6-10-19(25)11-7-17)21-4-2-3-5-22(21)24(16)15-18-8-12-20(26)13-9-18/h2-13,23H,14-15H2,1H3. The Bertz CT molecular complexity index is 950. The highest BCUT2D eigenvalue weighted by Crippen LogP contribution is 2.44. The molecular weight excluding hydrogens is 448 g/mol. The summed E-state index contributed by atoms with van der Waals surface area (Å²) in [5, 5.41) is 0. The van der Waals surface area contributed by atoms with Crippen LogP contribution in [-0.2, 0) is 12.8 Å². The molecule has 0 aliphatic heterocycles. The lowest BCUT2D eigenvalue weighted by Crippen LogP contribution is -2.01. The summed E-state index contributed by atoms with van der Waals surface area (Å²) >= 11 is 7.07. The van der Waals surface area contributed by atoms with Crippen molar-refractivity contribution in [3.8, 4) is 0 Å². The molecule has 1 aliphatic carbocycles. The van der Waals surface area contributed by atoms with E-state index in [1.54, 1.807) is 0 Å². The Morgan fingerprint density at radius 3 is 1.96 bits per heavy atom. The molecule has 1 unspecified atom stereocenters. The second kappa shape index (κ2) is 7.54. The highest BCUT2D eigenvalue weighted by molar-refractivity contribution is 9.10. The molecule has 0 heterocycles. The third-order valence-corrected chi connectivity index (χ3v) is 6.36. The Balaban J connectivity index is 1.69. The van der Waals surface area contributed by atoms with Gasteiger partial charge in [-0.05, 0) is 71.9 Å². The Kier molecular flexibility index (Phi) is 5.15. The first-order chi connectivity index (χ1) is 12.6. The number of halogens is 2. The smallest absolute Gasteiger partial charge is 0.0175 e. The fourth-order valence-corrected chi connectivity index (χ4v) is 4.42. The van der Waals surface area contributed by atoms with E-state index >= 15 is 0 Å². The van der Waals surface area contributed by atoms with Crippen LogP contribution in [0, 0.1) is 0 Å². The fraction of sp³-hybridized carbons (Fsp3) is 0.167. The van der Waals surface area contributed by atoms with Crippen molar-refractivity contribution in [3.05, 3.63) is 110 Å². The van der Waals surface area contributed by atoms with Crippen LogP contribution in [0.15, 0.2) is 87.3 Å². The second-order valence-corrected chi connectivity index (χ2v) is 8.77. The summed E-state index contributed by atoms with van der Waals surface area (Å²) in [5.74, 6) is 0.470. The molecule has 130 valence electrons. The van der Waals surface area contributed by atoms with Crippen LogP contribution in [0.5, 0.6) is 0 Å². The Morgan fingerprint density at radius 2 is 1.31 bits per heavy atom. The molecule has 0 N–H and O–H groups in total. The van der Waals surface area contributed by atoms with E-state index in [4.69, 9.17) is 0 Å². The highest BCUT2D eigenvalue weighted by Gasteiger charge is 2.28. The normalized spacial score (nSPS) is 16.0. The predicted octanol–water partition coefficient (Wildman–Crippen LogP) is 7.57. The molecule has 1 atom stereocenters. The van der Waals surface area contributed by atoms with Crippen LogP contribution in [0.25, 0.3) is 5.57 Å². The average Bonchev–Trinajstić information content (AvgIpc) is 2.91. The number of allylic oxidation sites excluding steroid dienone is 2. The van der Waals surface area contributed by atoms with Crippen LogP contribution in [0.1, 0.15) is 35.1 Å². The van der Waals surface area contributed by atoms with Gasteiger partial charge in [-0.15, -0.1) is 0 Å². The van der Waals surface area contributed by atoms with Gasteiger partial charge in [-0.3, -0.25) is 0 Å². The van der Waals surface area contributed by atoms with Gasteiger partial charge in [0.05, 0.1) is 0 Å². The topological polar surface area (TPSA) is 0 Å². The van der Waals surface area contributed by atoms with Crippen molar-refractivity contribution in [1.82, 2.24) is 0 Å². The summed E-state index contributed by atoms with van der Waals surface area (Å²) in [7, 11) is 0. The van der Waals surface area contributed by atoms with Gasteiger partial charge >= 0.3 is 0 Å². The van der Waals surface area contributed by atoms with Crippen LogP contribution in [-0.4, -0.2) is 0 Å². The van der Waals surface area contributed by atoms with Crippen molar-refractivity contribution >= 4 is 37.4 Å². The van der Waals surface area contributed by atoms with E-state index in [-0.39, 0.29) is 0 Å². The van der Waals surface area contributed by atoms with Crippen LogP contribution in [0.4, 0.5) is 0 Å². The van der Waals surface area contributed by atoms with Crippen molar-refractivity contribution in [2.45, 2.75) is 25.7 Å². The number of fused-ring (bicyclic) bond motifs is 1. The van der Waals surface area contributed by atoms with Crippen LogP contribution in [0.3, 0.4) is 0 Å². The molecule has 0 radical (unpaired) electrons. The second-order valence-electron chi connectivity index (χ2n) is 6.94. The Hall–Kier alpha value is -1.64. The van der Waals surface area contributed by atoms with Crippen molar-refractivity contribution < 1.29 is 0 Å². The molecule has 0 amide bonds. The molecule has 0 aromatic heterocycles. The molecule has 1 aliphatic rings. The maximum atomic E-state index is 3.53. The van der Waals surface area contributed by atoms with Crippen LogP contribution < -0.4 is 0 Å². The molecule has 0 saturated carbocycles. The fourth-order valence-electron chi connectivity index (χ4n) is 3.89. The number of benzene rings is 3. The third-order valence-electron chi connectivity index (χ3n) is 5.31. The van der Waals surface area contributed by atoms with Crippen molar-refractivity contribution in [2.75, 3.05) is 0 Å². The SMILES string of the molecule is CC1=C(Cc2ccc(Br)cc2)c2ccccc2C1Cc1ccc(Br)cc1. The first-order valence-electron chi connectivity index (χ1n) is 8.89. The first-order valence-corrected chi connectivity index (χ1v) is 10.5. The number of rotatable bonds is 4. The lowest BCUT2D eigenvalue weighted by molar-refractivity contribution is 0.802. The minimum atomic E-state index is 0.470. The first kappa shape index (κ1) is 17.8. The van der Waals surface area contributed by atoms with Crippen molar-refractivity contribution in [1.29, 1.82) is 0 Å². The van der Waals surface area contributed by atoms with E-state index in [1.165, 1.54) is 33.4 Å². The minimum Gasteiger partial charge on any atom is -0.0619 e. The van der Waals surface area contributed by atoms with Gasteiger partial charge in [0.15, 0.2) is 0 Å². The molecule has 0 fully saturated rings. The zero-order valence-electron chi connectivity index (χ0n) is 14.7. The molecule has 0 bridgehead atoms. The summed E-state index contributed by atoms with van der Waals surface area (Å²) < 4.78 is 2.27. The summed E-state index contributed by atoms with van der Waals surface area (Å²) in [5.41, 5.74) is 8.65. The van der Waals surface area contributed by atoms with E-state index in [0.29, 0.717) is 5.92 Å². The third kappa shape index (κ3) is 3.58. The van der Waals surface area contributed by atoms with Gasteiger partial charge in [0, 0.05) is 14.9 Å². The van der Waals surface area contributed by atoms with E-state index in [1.807, 2.05) is 0 Å². The Labute approximate surface area is 172 Å². The van der Waals surface area contributed by atoms with E-state index < -0.39 is 0 Å². The molecule has 0 nitrogen and oxygen atoms in total. The van der Waals surface area contributed by atoms with Gasteiger partial charge in [-0.1, -0.05) is 86.0 Å². The quantitative estimate of drug-likeness (QED) is 0.371. The molecule has 0 saturated heterocycles. The number of hydrogen-bond acceptors (Lipinski definition) is 0. The summed E-state index contributed by atoms with van der Waals surface area (Å²) in [4.78, 5) is 0. The summed E-state index contributed by atoms with van der Waals surface area (Å²) in [6, 6.07) is 26.3. The van der Waals surface area contributed by atoms with Crippen molar-refractivity contribution in [3.63, 3.8) is 0 Å². The van der Waals surface area contributed by atoms with Gasteiger partial charge in [-0.25, -0.2) is 0 Å². The molecule has 0 spiro atoms. The van der Waals surface area contributed by atoms with Gasteiger partial charge in [0.1, 0.15) is 0 Å². The maximum absolute atomic E-state index is 3.53. The molecule has 4 rings (SSSR count). The molecule has 26 heavy (non-hydrogen) atoms. The minimum absolute atomic E-state index is 0.470. The van der Waals surface area contributed by atoms with Crippen LogP contribution >= 0.6 is 31.9 Å². The molecule has 3 aromatic rings. The summed E-state index contributed by atoms with van der Waals surface area (Å²) in [6.45, 7) is 2.32. The van der Waals surface area contributed by atoms with Crippen molar-refractivity contribution in [2.24, 2.45) is 0 Å². The van der Waals surface area contributed by atoms with E-state index in [0.717, 1.165) is 21.8 Å². The lowest BCUT2D eigenvalue weighted by atomic mass is 9.90. The molecule has 2 heteroatoms. The molecular formula is C24H20Br2. The van der Waals surface area contributed by atoms with E-state index in [2.05, 4.69) is 112 Å². The average molecular weight is 468 g/mol. The zero-order valence-corrected chi connectivity index (χ0v) is 17.8. The van der Waals surface area contributed by atoms with Gasteiger partial charge in [0.25, 0.3) is 0 Å². The maximum Gasteiger partial charge on any atom is 0.0175 e. The number of hydrogen-bond donors (Lipinski definition) is 0. The van der Waals surface area contributed by atoms with Crippen LogP contribution in [0.2, 0.25) is 0 Å². The zero-order chi connectivity index (χ0) is 18.1. The van der Waals surface area contributed by atoms with Gasteiger partial charge < -0.3 is 0 Å². The van der Waals surface area contributed by atoms with Gasteiger partial charge in [0.2, 0.25) is 0 Å². The van der Waals surface area contributed by atoms with Gasteiger partial charge in [-0.2, -0.15) is 0 Å².